The van der Waals surface area contributed by atoms with Crippen molar-refractivity contribution in [1.82, 2.24) is 0 Å². The van der Waals surface area contributed by atoms with Crippen LogP contribution in [-0.2, 0) is 14.3 Å². The van der Waals surface area contributed by atoms with Crippen LogP contribution in [0.15, 0.2) is 0 Å². The fraction of sp³-hybridized carbons (Fsp3) is 0.880. The van der Waals surface area contributed by atoms with Crippen LogP contribution in [0.5, 0.6) is 0 Å². The van der Waals surface area contributed by atoms with Gasteiger partial charge in [-0.15, -0.1) is 0 Å². The summed E-state index contributed by atoms with van der Waals surface area (Å²) in [6, 6.07) is 0. The molecule has 0 aromatic rings. The van der Waals surface area contributed by atoms with Crippen molar-refractivity contribution in [2.75, 3.05) is 6.61 Å². The van der Waals surface area contributed by atoms with Crippen molar-refractivity contribution in [3.8, 4) is 0 Å². The van der Waals surface area contributed by atoms with Crippen molar-refractivity contribution in [3.63, 3.8) is 0 Å². The lowest BCUT2D eigenvalue weighted by Crippen LogP contribution is -2.13. The highest BCUT2D eigenvalue weighted by atomic mass is 16.5. The van der Waals surface area contributed by atoms with Crippen LogP contribution in [0.25, 0.3) is 0 Å². The number of carbonyl (C=O) groups is 2. The van der Waals surface area contributed by atoms with E-state index in [-0.39, 0.29) is 19.6 Å². The molecule has 2 N–H and O–H groups in total. The summed E-state index contributed by atoms with van der Waals surface area (Å²) in [4.78, 5) is 20.4. The number of unbranched alkanes of at least 4 members (excludes halogenated alkanes) is 15. The second kappa shape index (κ2) is 27.6. The Morgan fingerprint density at radius 2 is 1.00 bits per heavy atom. The Balaban J connectivity index is -0.00000108. The Hall–Kier alpha value is -1.39. The first kappa shape index (κ1) is 33.3. The Bertz CT molecular complexity index is 397. The van der Waals surface area contributed by atoms with Crippen molar-refractivity contribution < 1.29 is 19.4 Å². The molecule has 0 bridgehead atoms. The van der Waals surface area contributed by atoms with E-state index in [1.165, 1.54) is 96.8 Å². The van der Waals surface area contributed by atoms with Crippen LogP contribution in [0.2, 0.25) is 0 Å². The van der Waals surface area contributed by atoms with Gasteiger partial charge in [0.2, 0.25) is 0 Å². The Labute approximate surface area is 186 Å². The van der Waals surface area contributed by atoms with Gasteiger partial charge in [0, 0.05) is 6.42 Å². The van der Waals surface area contributed by atoms with Crippen LogP contribution in [0.4, 0.5) is 0 Å². The van der Waals surface area contributed by atoms with Gasteiger partial charge in [0.1, 0.15) is 5.71 Å². The van der Waals surface area contributed by atoms with E-state index in [9.17, 15) is 9.59 Å². The molecule has 0 amide bonds. The summed E-state index contributed by atoms with van der Waals surface area (Å²) in [7, 11) is 0. The van der Waals surface area contributed by atoms with Crippen LogP contribution in [0.3, 0.4) is 0 Å². The summed E-state index contributed by atoms with van der Waals surface area (Å²) in [6.45, 7) is 5.81. The summed E-state index contributed by atoms with van der Waals surface area (Å²) in [5.74, 6) is -1.22. The number of hydrogen-bond donors (Lipinski definition) is 2. The molecule has 0 aromatic heterocycles. The predicted octanol–water partition coefficient (Wildman–Crippen LogP) is 7.95. The predicted molar refractivity (Wildman–Crippen MR) is 129 cm³/mol. The summed E-state index contributed by atoms with van der Waals surface area (Å²) < 4.78 is 4.96. The minimum absolute atomic E-state index is 0. The summed E-state index contributed by atoms with van der Waals surface area (Å²) in [5, 5.41) is 14.8. The standard InChI is InChI=1S/C21H41NO2.C3H6O2.CH4/c1-3-4-5-6-7-8-9-10-11-12-13-14-15-16-17-18-19-24-21(23)20(2)22;1-2-3(4)5;/h22H,3-19H2,1-2H3;2H2,1H3,(H,4,5);1H4. The number of nitrogens with one attached hydrogen (secondary N) is 1. The zero-order valence-corrected chi connectivity index (χ0v) is 19.4. The van der Waals surface area contributed by atoms with E-state index in [2.05, 4.69) is 6.92 Å². The number of rotatable bonds is 19. The first-order chi connectivity index (χ1) is 14.0. The average molecular weight is 430 g/mol. The molecule has 0 fully saturated rings. The number of carboxylic acids is 1. The van der Waals surface area contributed by atoms with Gasteiger partial charge >= 0.3 is 11.9 Å². The lowest BCUT2D eigenvalue weighted by atomic mass is 10.0. The van der Waals surface area contributed by atoms with Gasteiger partial charge in [-0.2, -0.15) is 0 Å². The van der Waals surface area contributed by atoms with Gasteiger partial charge < -0.3 is 9.84 Å². The average Bonchev–Trinajstić information content (AvgIpc) is 2.70. The molecule has 0 saturated heterocycles. The molecule has 5 nitrogen and oxygen atoms in total. The van der Waals surface area contributed by atoms with Gasteiger partial charge in [0.25, 0.3) is 0 Å². The molecule has 30 heavy (non-hydrogen) atoms. The van der Waals surface area contributed by atoms with E-state index >= 15 is 0 Å². The van der Waals surface area contributed by atoms with Gasteiger partial charge in [-0.25, -0.2) is 4.79 Å². The number of esters is 1. The van der Waals surface area contributed by atoms with E-state index in [0.717, 1.165) is 12.8 Å². The summed E-state index contributed by atoms with van der Waals surface area (Å²) in [6.07, 6.45) is 21.7. The third kappa shape index (κ3) is 31.3. The molecule has 5 heteroatoms. The lowest BCUT2D eigenvalue weighted by molar-refractivity contribution is -0.137. The maximum absolute atomic E-state index is 11.1. The third-order valence-electron chi connectivity index (χ3n) is 4.84. The van der Waals surface area contributed by atoms with Crippen molar-refractivity contribution in [3.05, 3.63) is 0 Å². The molecule has 0 unspecified atom stereocenters. The zero-order chi connectivity index (χ0) is 22.2. The maximum Gasteiger partial charge on any atom is 0.351 e. The second-order valence-corrected chi connectivity index (χ2v) is 7.81. The molecular formula is C25H51NO4. The van der Waals surface area contributed by atoms with Crippen LogP contribution >= 0.6 is 0 Å². The Morgan fingerprint density at radius 3 is 1.27 bits per heavy atom. The van der Waals surface area contributed by atoms with Gasteiger partial charge in [-0.1, -0.05) is 118 Å². The van der Waals surface area contributed by atoms with Crippen LogP contribution in [0, 0.1) is 5.41 Å². The second-order valence-electron chi connectivity index (χ2n) is 7.81. The third-order valence-corrected chi connectivity index (χ3v) is 4.84. The maximum atomic E-state index is 11.1. The first-order valence-electron chi connectivity index (χ1n) is 11.9. The lowest BCUT2D eigenvalue weighted by Gasteiger charge is -2.04. The van der Waals surface area contributed by atoms with Crippen LogP contribution in [0.1, 0.15) is 137 Å². The van der Waals surface area contributed by atoms with Gasteiger partial charge in [-0.3, -0.25) is 10.2 Å². The monoisotopic (exact) mass is 429 g/mol. The SMILES string of the molecule is C.CCC(=O)O.CCCCCCCCCCCCCCCCCCOC(=O)C(C)=N. The molecule has 0 saturated carbocycles. The van der Waals surface area contributed by atoms with E-state index in [1.54, 1.807) is 6.92 Å². The number of aliphatic carboxylic acids is 1. The molecule has 0 aromatic carbocycles. The Kier molecular flexibility index (Phi) is 30.6. The molecule has 180 valence electrons. The zero-order valence-electron chi connectivity index (χ0n) is 19.4. The molecule has 0 rings (SSSR count). The van der Waals surface area contributed by atoms with E-state index < -0.39 is 11.9 Å². The van der Waals surface area contributed by atoms with Gasteiger partial charge in [0.15, 0.2) is 0 Å². The molecule has 0 aliphatic carbocycles. The highest BCUT2D eigenvalue weighted by Crippen LogP contribution is 2.13. The molecule has 0 radical (unpaired) electrons. The quantitative estimate of drug-likeness (QED) is 0.124. The molecular weight excluding hydrogens is 378 g/mol. The first-order valence-corrected chi connectivity index (χ1v) is 11.9. The largest absolute Gasteiger partial charge is 0.481 e. The van der Waals surface area contributed by atoms with Gasteiger partial charge in [-0.05, 0) is 13.3 Å². The fourth-order valence-corrected chi connectivity index (χ4v) is 2.92. The summed E-state index contributed by atoms with van der Waals surface area (Å²) in [5.41, 5.74) is -0.00788. The Morgan fingerprint density at radius 1 is 0.700 bits per heavy atom. The molecule has 0 heterocycles. The van der Waals surface area contributed by atoms with Crippen LogP contribution < -0.4 is 0 Å². The van der Waals surface area contributed by atoms with Crippen molar-refractivity contribution in [1.29, 1.82) is 5.41 Å². The van der Waals surface area contributed by atoms with Crippen molar-refractivity contribution in [2.45, 2.75) is 137 Å². The summed E-state index contributed by atoms with van der Waals surface area (Å²) >= 11 is 0. The number of ether oxygens (including phenoxy) is 1. The van der Waals surface area contributed by atoms with Crippen molar-refractivity contribution in [2.24, 2.45) is 0 Å². The van der Waals surface area contributed by atoms with Gasteiger partial charge in [0.05, 0.1) is 6.61 Å². The topological polar surface area (TPSA) is 87.5 Å². The minimum atomic E-state index is -0.745. The van der Waals surface area contributed by atoms with E-state index in [0.29, 0.717) is 6.61 Å². The van der Waals surface area contributed by atoms with E-state index in [4.69, 9.17) is 15.3 Å². The number of hydrogen-bond acceptors (Lipinski definition) is 4. The van der Waals surface area contributed by atoms with Crippen molar-refractivity contribution >= 4 is 17.7 Å². The highest BCUT2D eigenvalue weighted by Gasteiger charge is 2.03. The number of carboxylic acid groups (broad SMARTS) is 1. The molecule has 0 aliphatic heterocycles. The normalized spacial score (nSPS) is 9.83. The smallest absolute Gasteiger partial charge is 0.351 e. The fourth-order valence-electron chi connectivity index (χ4n) is 2.92. The highest BCUT2D eigenvalue weighted by molar-refractivity contribution is 6.33. The number of carbonyl (C=O) groups excluding carboxylic acids is 1. The van der Waals surface area contributed by atoms with Crippen LogP contribution in [-0.4, -0.2) is 29.4 Å². The minimum Gasteiger partial charge on any atom is -0.481 e. The molecule has 0 atom stereocenters. The molecule has 0 aliphatic rings. The van der Waals surface area contributed by atoms with E-state index in [1.807, 2.05) is 0 Å². The molecule has 0 spiro atoms.